The van der Waals surface area contributed by atoms with E-state index in [9.17, 15) is 9.59 Å². The number of nitrogens with zero attached hydrogens (tertiary/aromatic N) is 2. The lowest BCUT2D eigenvalue weighted by atomic mass is 10.0. The fourth-order valence-electron chi connectivity index (χ4n) is 2.41. The van der Waals surface area contributed by atoms with Crippen molar-refractivity contribution in [1.29, 1.82) is 0 Å². The summed E-state index contributed by atoms with van der Waals surface area (Å²) in [7, 11) is 1.68. The second-order valence-electron chi connectivity index (χ2n) is 5.35. The van der Waals surface area contributed by atoms with Crippen molar-refractivity contribution in [2.75, 3.05) is 26.7 Å². The number of halogens is 1. The highest BCUT2D eigenvalue weighted by Gasteiger charge is 2.23. The minimum Gasteiger partial charge on any atom is -0.341 e. The minimum absolute atomic E-state index is 0.0445. The molecule has 0 aliphatic carbocycles. The Hall–Kier alpha value is -0.880. The summed E-state index contributed by atoms with van der Waals surface area (Å²) < 4.78 is 0.922. The molecule has 1 fully saturated rings. The molecule has 0 aromatic carbocycles. The monoisotopic (exact) mass is 358 g/mol. The van der Waals surface area contributed by atoms with Gasteiger partial charge in [0.25, 0.3) is 5.91 Å². The highest BCUT2D eigenvalue weighted by Crippen LogP contribution is 2.23. The molecule has 1 atom stereocenters. The van der Waals surface area contributed by atoms with E-state index in [-0.39, 0.29) is 18.4 Å². The number of carbonyl (C=O) groups excluding carboxylic acids is 2. The van der Waals surface area contributed by atoms with Crippen LogP contribution in [0.3, 0.4) is 0 Å². The Balaban J connectivity index is 1.91. The molecular weight excluding hydrogens is 340 g/mol. The third-order valence-electron chi connectivity index (χ3n) is 3.51. The molecule has 2 rings (SSSR count). The van der Waals surface area contributed by atoms with Crippen LogP contribution in [0.4, 0.5) is 0 Å². The van der Waals surface area contributed by atoms with Gasteiger partial charge in [-0.15, -0.1) is 11.3 Å². The van der Waals surface area contributed by atoms with Crippen molar-refractivity contribution in [3.8, 4) is 0 Å². The third kappa shape index (κ3) is 3.82. The maximum atomic E-state index is 12.2. The van der Waals surface area contributed by atoms with Crippen LogP contribution in [-0.4, -0.2) is 48.3 Å². The summed E-state index contributed by atoms with van der Waals surface area (Å²) in [4.78, 5) is 28.4. The lowest BCUT2D eigenvalue weighted by Crippen LogP contribution is -2.45. The molecule has 2 heterocycles. The normalized spacial score (nSPS) is 18.9. The maximum absolute atomic E-state index is 12.2. The fraction of sp³-hybridized carbons (Fsp3) is 0.571. The number of likely N-dealkylation sites (tertiary alicyclic amines) is 1. The lowest BCUT2D eigenvalue weighted by Gasteiger charge is -2.32. The molecule has 0 spiro atoms. The summed E-state index contributed by atoms with van der Waals surface area (Å²) in [5, 5.41) is 0. The Kier molecular flexibility index (Phi) is 5.21. The predicted molar refractivity (Wildman–Crippen MR) is 84.0 cm³/mol. The van der Waals surface area contributed by atoms with Crippen LogP contribution in [0.1, 0.15) is 29.4 Å². The molecule has 4 nitrogen and oxygen atoms in total. The predicted octanol–water partition coefficient (Wildman–Crippen LogP) is 2.84. The van der Waals surface area contributed by atoms with Crippen LogP contribution >= 0.6 is 27.3 Å². The number of hydrogen-bond donors (Lipinski definition) is 0. The molecule has 1 aliphatic rings. The zero-order valence-corrected chi connectivity index (χ0v) is 14.2. The van der Waals surface area contributed by atoms with Gasteiger partial charge in [-0.1, -0.05) is 6.92 Å². The molecule has 0 bridgehead atoms. The minimum atomic E-state index is -0.0980. The largest absolute Gasteiger partial charge is 0.341 e. The highest BCUT2D eigenvalue weighted by atomic mass is 79.9. The van der Waals surface area contributed by atoms with Gasteiger partial charge in [0, 0.05) is 20.1 Å². The van der Waals surface area contributed by atoms with E-state index in [1.807, 2.05) is 11.0 Å². The van der Waals surface area contributed by atoms with Crippen molar-refractivity contribution in [1.82, 2.24) is 9.80 Å². The second kappa shape index (κ2) is 6.72. The van der Waals surface area contributed by atoms with Crippen molar-refractivity contribution >= 4 is 39.1 Å². The first kappa shape index (κ1) is 15.5. The molecule has 0 radical (unpaired) electrons. The number of piperidine rings is 1. The zero-order valence-electron chi connectivity index (χ0n) is 11.8. The molecular formula is C14H19BrN2O2S. The molecule has 6 heteroatoms. The van der Waals surface area contributed by atoms with Gasteiger partial charge in [-0.3, -0.25) is 9.59 Å². The van der Waals surface area contributed by atoms with Crippen molar-refractivity contribution in [2.24, 2.45) is 5.92 Å². The highest BCUT2D eigenvalue weighted by molar-refractivity contribution is 9.11. The van der Waals surface area contributed by atoms with E-state index < -0.39 is 0 Å². The van der Waals surface area contributed by atoms with Gasteiger partial charge in [0.1, 0.15) is 0 Å². The van der Waals surface area contributed by atoms with Crippen LogP contribution in [0.5, 0.6) is 0 Å². The van der Waals surface area contributed by atoms with Crippen LogP contribution in [0.2, 0.25) is 0 Å². The van der Waals surface area contributed by atoms with E-state index in [1.165, 1.54) is 22.7 Å². The van der Waals surface area contributed by atoms with Crippen molar-refractivity contribution in [3.63, 3.8) is 0 Å². The van der Waals surface area contributed by atoms with Crippen LogP contribution < -0.4 is 0 Å². The van der Waals surface area contributed by atoms with E-state index in [1.54, 1.807) is 13.1 Å². The molecule has 1 aromatic heterocycles. The van der Waals surface area contributed by atoms with Crippen LogP contribution in [0.15, 0.2) is 15.9 Å². The quantitative estimate of drug-likeness (QED) is 0.833. The first-order chi connectivity index (χ1) is 9.47. The molecule has 2 amide bonds. The molecule has 1 aliphatic heterocycles. The Bertz CT molecular complexity index is 503. The first-order valence-corrected chi connectivity index (χ1v) is 8.37. The Morgan fingerprint density at radius 2 is 2.25 bits per heavy atom. The molecule has 1 saturated heterocycles. The number of hydrogen-bond acceptors (Lipinski definition) is 3. The van der Waals surface area contributed by atoms with Crippen LogP contribution in [0, 0.1) is 5.92 Å². The average Bonchev–Trinajstić information content (AvgIpc) is 2.84. The van der Waals surface area contributed by atoms with Gasteiger partial charge in [0.05, 0.1) is 15.2 Å². The molecule has 1 unspecified atom stereocenters. The molecule has 0 saturated carbocycles. The zero-order chi connectivity index (χ0) is 14.7. The first-order valence-electron chi connectivity index (χ1n) is 6.76. The topological polar surface area (TPSA) is 40.6 Å². The van der Waals surface area contributed by atoms with Gasteiger partial charge in [0.2, 0.25) is 5.91 Å². The van der Waals surface area contributed by atoms with Gasteiger partial charge in [-0.05, 0) is 46.8 Å². The van der Waals surface area contributed by atoms with Gasteiger partial charge < -0.3 is 9.80 Å². The Morgan fingerprint density at radius 1 is 1.50 bits per heavy atom. The van der Waals surface area contributed by atoms with Crippen LogP contribution in [0.25, 0.3) is 0 Å². The summed E-state index contributed by atoms with van der Waals surface area (Å²) in [6, 6.07) is 3.63. The lowest BCUT2D eigenvalue weighted by molar-refractivity contribution is -0.133. The summed E-state index contributed by atoms with van der Waals surface area (Å²) in [5.41, 5.74) is 0. The molecule has 1 aromatic rings. The summed E-state index contributed by atoms with van der Waals surface area (Å²) >= 11 is 4.73. The Morgan fingerprint density at radius 3 is 2.85 bits per heavy atom. The maximum Gasteiger partial charge on any atom is 0.264 e. The number of rotatable bonds is 3. The number of amides is 2. The van der Waals surface area contributed by atoms with Crippen LogP contribution in [-0.2, 0) is 4.79 Å². The third-order valence-corrected chi connectivity index (χ3v) is 5.12. The summed E-state index contributed by atoms with van der Waals surface area (Å²) in [6.45, 7) is 3.94. The molecule has 0 N–H and O–H groups in total. The molecule has 110 valence electrons. The Labute approximate surface area is 131 Å². The smallest absolute Gasteiger partial charge is 0.264 e. The standard InChI is InChI=1S/C14H19BrN2O2S/c1-10-4-3-7-17(8-10)13(18)9-16(2)14(19)11-5-6-12(15)20-11/h5-6,10H,3-4,7-9H2,1-2H3. The van der Waals surface area contributed by atoms with Gasteiger partial charge in [-0.2, -0.15) is 0 Å². The SMILES string of the molecule is CC1CCCN(C(=O)CN(C)C(=O)c2ccc(Br)s2)C1. The molecule has 20 heavy (non-hydrogen) atoms. The summed E-state index contributed by atoms with van der Waals surface area (Å²) in [6.07, 6.45) is 2.24. The van der Waals surface area contributed by atoms with Gasteiger partial charge in [0.15, 0.2) is 0 Å². The van der Waals surface area contributed by atoms with E-state index >= 15 is 0 Å². The van der Waals surface area contributed by atoms with E-state index in [0.29, 0.717) is 10.8 Å². The van der Waals surface area contributed by atoms with Crippen molar-refractivity contribution < 1.29 is 9.59 Å². The average molecular weight is 359 g/mol. The second-order valence-corrected chi connectivity index (χ2v) is 7.82. The summed E-state index contributed by atoms with van der Waals surface area (Å²) in [5.74, 6) is 0.504. The van der Waals surface area contributed by atoms with E-state index in [0.717, 1.165) is 23.3 Å². The number of thiophene rings is 1. The van der Waals surface area contributed by atoms with Crippen molar-refractivity contribution in [2.45, 2.75) is 19.8 Å². The van der Waals surface area contributed by atoms with E-state index in [4.69, 9.17) is 0 Å². The van der Waals surface area contributed by atoms with Gasteiger partial charge in [-0.25, -0.2) is 0 Å². The van der Waals surface area contributed by atoms with Gasteiger partial charge >= 0.3 is 0 Å². The van der Waals surface area contributed by atoms with E-state index in [2.05, 4.69) is 22.9 Å². The number of likely N-dealkylation sites (N-methyl/N-ethyl adjacent to an activating group) is 1. The van der Waals surface area contributed by atoms with Crippen molar-refractivity contribution in [3.05, 3.63) is 20.8 Å². The fourth-order valence-corrected chi connectivity index (χ4v) is 3.79. The number of carbonyl (C=O) groups is 2.